The Morgan fingerprint density at radius 3 is 2.04 bits per heavy atom. The maximum Gasteiger partial charge on any atom is 0.316 e. The summed E-state index contributed by atoms with van der Waals surface area (Å²) in [6, 6.07) is 0. The minimum Gasteiger partial charge on any atom is -0.465 e. The molecule has 0 saturated carbocycles. The predicted octanol–water partition coefficient (Wildman–Crippen LogP) is 5.41. The van der Waals surface area contributed by atoms with Gasteiger partial charge in [-0.05, 0) is 96.7 Å². The number of hydrogen-bond donors (Lipinski definition) is 1. The molecule has 45 heavy (non-hydrogen) atoms. The number of likely N-dealkylation sites (N-methyl/N-ethyl adjacent to an activating group) is 1. The number of carbonyl (C=O) groups excluding carboxylic acids is 3. The van der Waals surface area contributed by atoms with E-state index in [0.29, 0.717) is 43.9 Å². The van der Waals surface area contributed by atoms with Crippen LogP contribution in [0.4, 0.5) is 0 Å². The molecule has 3 fully saturated rings. The number of rotatable bonds is 2. The highest BCUT2D eigenvalue weighted by Gasteiger charge is 2.29. The Labute approximate surface area is 275 Å². The lowest BCUT2D eigenvalue weighted by Crippen LogP contribution is -2.45. The van der Waals surface area contributed by atoms with E-state index < -0.39 is 18.2 Å². The van der Waals surface area contributed by atoms with Crippen molar-refractivity contribution in [1.29, 1.82) is 0 Å². The van der Waals surface area contributed by atoms with E-state index in [1.54, 1.807) is 6.92 Å². The molecule has 1 amide bonds. The third kappa shape index (κ3) is 17.1. The number of esters is 1. The van der Waals surface area contributed by atoms with Crippen LogP contribution >= 0.6 is 0 Å². The van der Waals surface area contributed by atoms with Crippen molar-refractivity contribution in [1.82, 2.24) is 14.7 Å². The van der Waals surface area contributed by atoms with Crippen LogP contribution in [-0.4, -0.2) is 109 Å². The van der Waals surface area contributed by atoms with Crippen LogP contribution in [0, 0.1) is 29.6 Å². The summed E-state index contributed by atoms with van der Waals surface area (Å²) in [7, 11) is 2.14. The van der Waals surface area contributed by atoms with Crippen LogP contribution in [0.3, 0.4) is 0 Å². The van der Waals surface area contributed by atoms with E-state index in [4.69, 9.17) is 14.6 Å². The minimum absolute atomic E-state index is 0.0165. The smallest absolute Gasteiger partial charge is 0.316 e. The highest BCUT2D eigenvalue weighted by atomic mass is 16.6. The van der Waals surface area contributed by atoms with E-state index in [2.05, 4.69) is 50.8 Å². The number of amides is 1. The van der Waals surface area contributed by atoms with Crippen molar-refractivity contribution < 1.29 is 29.0 Å². The first kappa shape index (κ1) is 41.2. The molecule has 262 valence electrons. The first-order valence-corrected chi connectivity index (χ1v) is 17.6. The lowest BCUT2D eigenvalue weighted by Gasteiger charge is -2.31. The lowest BCUT2D eigenvalue weighted by atomic mass is 9.84. The fourth-order valence-electron chi connectivity index (χ4n) is 6.89. The van der Waals surface area contributed by atoms with Crippen LogP contribution in [0.15, 0.2) is 13.2 Å². The number of ketones is 1. The van der Waals surface area contributed by atoms with Crippen LogP contribution in [0.1, 0.15) is 99.3 Å². The normalized spacial score (nSPS) is 32.4. The maximum atomic E-state index is 13.1. The average molecular weight is 638 g/mol. The molecule has 9 heteroatoms. The zero-order chi connectivity index (χ0) is 33.9. The van der Waals surface area contributed by atoms with Gasteiger partial charge < -0.3 is 24.4 Å². The van der Waals surface area contributed by atoms with Gasteiger partial charge in [0.15, 0.2) is 6.29 Å². The molecule has 3 saturated heterocycles. The number of cyclic esters (lactones) is 1. The van der Waals surface area contributed by atoms with E-state index in [0.717, 1.165) is 64.8 Å². The first-order valence-electron chi connectivity index (χ1n) is 17.6. The van der Waals surface area contributed by atoms with Crippen LogP contribution in [0.5, 0.6) is 0 Å². The molecule has 1 unspecified atom stereocenters. The summed E-state index contributed by atoms with van der Waals surface area (Å²) in [5.74, 6) is 0.442. The van der Waals surface area contributed by atoms with Crippen molar-refractivity contribution >= 4 is 17.7 Å². The Morgan fingerprint density at radius 2 is 1.42 bits per heavy atom. The van der Waals surface area contributed by atoms with E-state index >= 15 is 0 Å². The number of nitrogens with zero attached hydrogens (tertiary/aromatic N) is 3. The second-order valence-electron chi connectivity index (χ2n) is 14.0. The van der Waals surface area contributed by atoms with Gasteiger partial charge in [-0.2, -0.15) is 0 Å². The highest BCUT2D eigenvalue weighted by molar-refractivity contribution is 5.99. The van der Waals surface area contributed by atoms with Gasteiger partial charge in [-0.3, -0.25) is 19.3 Å². The first-order chi connectivity index (χ1) is 21.3. The number of aliphatic hydroxyl groups is 1. The number of ether oxygens (including phenoxy) is 2. The molecule has 3 aliphatic heterocycles. The van der Waals surface area contributed by atoms with Crippen LogP contribution in [0.25, 0.3) is 0 Å². The molecule has 0 bridgehead atoms. The Bertz CT molecular complexity index is 826. The number of aliphatic hydroxyl groups excluding tert-OH is 1. The van der Waals surface area contributed by atoms with Crippen molar-refractivity contribution in [2.75, 3.05) is 59.5 Å². The molecule has 0 aliphatic carbocycles. The van der Waals surface area contributed by atoms with E-state index in [1.165, 1.54) is 19.3 Å². The molecule has 0 aromatic rings. The molecule has 0 radical (unpaired) electrons. The molecule has 3 aliphatic rings. The number of Topliss-reactive ketones (excluding diaryl/α,β-unsaturated/α-hetero) is 1. The number of likely N-dealkylation sites (tertiary alicyclic amines) is 1. The standard InChI is InChI=1S/C27H49N3O4.C7H14O2.C2H4/c1-21-17-22(2)19-28(5)14-15-30(25(31)20-29-11-7-6-8-12-29)13-9-10-16-34-27(33)24(4)26(32)23(3)18-21;1-5-3-6(2)9-7(8)4-5;1-2/h21-24H,6-20H2,1-5H3;5-8H,3-4H2,1-2H3;1-2H2/t21-,22-,23-,24?;5-,6+,7+;/m10./s1. The van der Waals surface area contributed by atoms with Crippen molar-refractivity contribution in [2.45, 2.75) is 112 Å². The second-order valence-corrected chi connectivity index (χ2v) is 14.0. The summed E-state index contributed by atoms with van der Waals surface area (Å²) in [6.07, 6.45) is 8.54. The molecular weight excluding hydrogens is 570 g/mol. The molecular formula is C36H67N3O6. The number of carbonyl (C=O) groups is 3. The fraction of sp³-hybridized carbons (Fsp3) is 0.861. The molecule has 0 spiro atoms. The summed E-state index contributed by atoms with van der Waals surface area (Å²) in [4.78, 5) is 44.9. The Morgan fingerprint density at radius 1 is 0.800 bits per heavy atom. The Balaban J connectivity index is 0.000000777. The average Bonchev–Trinajstić information content (AvgIpc) is 2.98. The summed E-state index contributed by atoms with van der Waals surface area (Å²) >= 11 is 0. The monoisotopic (exact) mass is 638 g/mol. The van der Waals surface area contributed by atoms with Gasteiger partial charge in [-0.25, -0.2) is 0 Å². The van der Waals surface area contributed by atoms with E-state index in [1.807, 2.05) is 18.7 Å². The molecule has 0 aromatic carbocycles. The SMILES string of the molecule is C=C.CC1C(=O)OCCCCN(C(=O)CN2CCCCC2)CCN(C)C[C@H](C)C[C@@H](C)C[C@@H](C)C1=O.C[C@H]1C[C@@H](C)O[C@@H](O)C1. The topological polar surface area (TPSA) is 99.6 Å². The molecule has 1 N–H and O–H groups in total. The van der Waals surface area contributed by atoms with Gasteiger partial charge in [0.1, 0.15) is 11.7 Å². The van der Waals surface area contributed by atoms with Crippen LogP contribution in [-0.2, 0) is 23.9 Å². The van der Waals surface area contributed by atoms with Gasteiger partial charge in [0.05, 0.1) is 19.3 Å². The van der Waals surface area contributed by atoms with Gasteiger partial charge in [0.25, 0.3) is 0 Å². The Kier molecular flexibility index (Phi) is 20.8. The number of hydrogen-bond acceptors (Lipinski definition) is 8. The van der Waals surface area contributed by atoms with E-state index in [-0.39, 0.29) is 23.7 Å². The predicted molar refractivity (Wildman–Crippen MR) is 182 cm³/mol. The lowest BCUT2D eigenvalue weighted by molar-refractivity contribution is -0.169. The molecule has 7 atom stereocenters. The molecule has 9 nitrogen and oxygen atoms in total. The van der Waals surface area contributed by atoms with Crippen LogP contribution < -0.4 is 0 Å². The van der Waals surface area contributed by atoms with Gasteiger partial charge in [-0.1, -0.05) is 34.1 Å². The summed E-state index contributed by atoms with van der Waals surface area (Å²) < 4.78 is 10.5. The second kappa shape index (κ2) is 22.7. The summed E-state index contributed by atoms with van der Waals surface area (Å²) in [5, 5.41) is 9.03. The number of piperidine rings is 1. The maximum absolute atomic E-state index is 13.1. The van der Waals surface area contributed by atoms with Crippen LogP contribution in [0.2, 0.25) is 0 Å². The van der Waals surface area contributed by atoms with Crippen molar-refractivity contribution in [3.05, 3.63) is 13.2 Å². The molecule has 3 heterocycles. The Hall–Kier alpha value is -1.81. The highest BCUT2D eigenvalue weighted by Crippen LogP contribution is 2.24. The van der Waals surface area contributed by atoms with Crippen molar-refractivity contribution in [3.8, 4) is 0 Å². The van der Waals surface area contributed by atoms with E-state index in [9.17, 15) is 14.4 Å². The zero-order valence-corrected chi connectivity index (χ0v) is 29.8. The van der Waals surface area contributed by atoms with Gasteiger partial charge >= 0.3 is 5.97 Å². The third-order valence-electron chi connectivity index (χ3n) is 9.16. The minimum atomic E-state index is -0.716. The zero-order valence-electron chi connectivity index (χ0n) is 29.8. The summed E-state index contributed by atoms with van der Waals surface area (Å²) in [5.41, 5.74) is 0. The quantitative estimate of drug-likeness (QED) is 0.244. The van der Waals surface area contributed by atoms with Crippen molar-refractivity contribution in [2.24, 2.45) is 29.6 Å². The van der Waals surface area contributed by atoms with Gasteiger partial charge in [0.2, 0.25) is 5.91 Å². The molecule has 3 rings (SSSR count). The largest absolute Gasteiger partial charge is 0.465 e. The molecule has 0 aromatic heterocycles. The summed E-state index contributed by atoms with van der Waals surface area (Å²) in [6.45, 7) is 24.3. The van der Waals surface area contributed by atoms with Crippen molar-refractivity contribution in [3.63, 3.8) is 0 Å². The fourth-order valence-corrected chi connectivity index (χ4v) is 6.89. The van der Waals surface area contributed by atoms with Gasteiger partial charge in [0, 0.05) is 38.5 Å². The third-order valence-corrected chi connectivity index (χ3v) is 9.16. The van der Waals surface area contributed by atoms with Gasteiger partial charge in [-0.15, -0.1) is 13.2 Å².